The van der Waals surface area contributed by atoms with Gasteiger partial charge >= 0.3 is 0 Å². The van der Waals surface area contributed by atoms with Crippen molar-refractivity contribution in [3.63, 3.8) is 0 Å². The van der Waals surface area contributed by atoms with E-state index < -0.39 is 9.85 Å². The van der Waals surface area contributed by atoms with Gasteiger partial charge in [0, 0.05) is 42.3 Å². The van der Waals surface area contributed by atoms with Gasteiger partial charge in [-0.3, -0.25) is 39.6 Å². The predicted molar refractivity (Wildman–Crippen MR) is 118 cm³/mol. The summed E-state index contributed by atoms with van der Waals surface area (Å²) in [7, 11) is 0. The molecule has 3 aromatic rings. The molecule has 0 spiro atoms. The Balaban J connectivity index is 0.000000273. The zero-order valence-corrected chi connectivity index (χ0v) is 17.6. The molecular weight excluding hydrogens is 432 g/mol. The molecule has 0 atom stereocenters. The molecule has 11 nitrogen and oxygen atoms in total. The van der Waals surface area contributed by atoms with Gasteiger partial charge < -0.3 is 5.32 Å². The summed E-state index contributed by atoms with van der Waals surface area (Å²) in [4.78, 5) is 57.5. The van der Waals surface area contributed by atoms with Gasteiger partial charge in [-0.25, -0.2) is 0 Å². The van der Waals surface area contributed by atoms with Crippen molar-refractivity contribution in [1.82, 2.24) is 4.98 Å². The van der Waals surface area contributed by atoms with E-state index >= 15 is 0 Å². The van der Waals surface area contributed by atoms with Crippen LogP contribution >= 0.6 is 0 Å². The molecule has 0 aliphatic heterocycles. The fourth-order valence-corrected chi connectivity index (χ4v) is 2.51. The smallest absolute Gasteiger partial charge is 0.269 e. The van der Waals surface area contributed by atoms with Crippen molar-refractivity contribution in [2.75, 3.05) is 5.32 Å². The highest BCUT2D eigenvalue weighted by molar-refractivity contribution is 6.08. The van der Waals surface area contributed by atoms with Crippen molar-refractivity contribution < 1.29 is 24.2 Å². The molecule has 1 heterocycles. The van der Waals surface area contributed by atoms with Gasteiger partial charge in [0.2, 0.25) is 11.7 Å². The van der Waals surface area contributed by atoms with E-state index in [1.54, 1.807) is 6.07 Å². The highest BCUT2D eigenvalue weighted by Gasteiger charge is 2.13. The molecule has 0 aliphatic carbocycles. The Kier molecular flexibility index (Phi) is 8.16. The van der Waals surface area contributed by atoms with Crippen LogP contribution in [0.4, 0.5) is 17.1 Å². The van der Waals surface area contributed by atoms with Gasteiger partial charge in [-0.15, -0.1) is 0 Å². The predicted octanol–water partition coefficient (Wildman–Crippen LogP) is 3.98. The number of nitrogens with one attached hydrogen (secondary N) is 1. The van der Waals surface area contributed by atoms with E-state index in [0.29, 0.717) is 16.8 Å². The number of nitrogens with zero attached hydrogens (tertiary/aromatic N) is 3. The fraction of sp³-hybridized carbons (Fsp3) is 0.0909. The number of non-ortho nitro benzene ring substituents is 2. The van der Waals surface area contributed by atoms with Crippen molar-refractivity contribution in [3.05, 3.63) is 104 Å². The molecule has 33 heavy (non-hydrogen) atoms. The number of anilines is 1. The average molecular weight is 450 g/mol. The van der Waals surface area contributed by atoms with Crippen molar-refractivity contribution in [3.8, 4) is 0 Å². The third-order valence-corrected chi connectivity index (χ3v) is 4.14. The zero-order valence-electron chi connectivity index (χ0n) is 17.6. The number of amides is 1. The van der Waals surface area contributed by atoms with Crippen LogP contribution in [0, 0.1) is 20.2 Å². The Morgan fingerprint density at radius 3 is 1.61 bits per heavy atom. The number of benzene rings is 2. The molecule has 11 heteroatoms. The molecule has 168 valence electrons. The number of aromatic nitrogens is 1. The number of carbonyl (C=O) groups excluding carboxylic acids is 3. The topological polar surface area (TPSA) is 162 Å². The van der Waals surface area contributed by atoms with E-state index in [-0.39, 0.29) is 34.5 Å². The fourth-order valence-electron chi connectivity index (χ4n) is 2.51. The molecule has 0 unspecified atom stereocenters. The van der Waals surface area contributed by atoms with Crippen LogP contribution < -0.4 is 5.32 Å². The molecule has 1 amide bonds. The molecule has 0 saturated heterocycles. The van der Waals surface area contributed by atoms with Gasteiger partial charge in [-0.1, -0.05) is 0 Å². The number of Topliss-reactive ketones (excluding diaryl/α,β-unsaturated/α-hetero) is 1. The molecule has 0 radical (unpaired) electrons. The van der Waals surface area contributed by atoms with E-state index in [1.807, 2.05) is 0 Å². The molecule has 0 bridgehead atoms. The molecule has 3 rings (SSSR count). The second-order valence-corrected chi connectivity index (χ2v) is 6.61. The normalized spacial score (nSPS) is 9.76. The maximum Gasteiger partial charge on any atom is 0.269 e. The molecule has 0 fully saturated rings. The van der Waals surface area contributed by atoms with Crippen LogP contribution in [0.1, 0.15) is 40.3 Å². The highest BCUT2D eigenvalue weighted by Crippen LogP contribution is 2.15. The summed E-state index contributed by atoms with van der Waals surface area (Å²) in [6.07, 6.45) is 1.38. The van der Waals surface area contributed by atoms with E-state index in [4.69, 9.17) is 0 Å². The maximum absolute atomic E-state index is 12.1. The summed E-state index contributed by atoms with van der Waals surface area (Å²) in [5.41, 5.74) is 1.39. The first-order chi connectivity index (χ1) is 15.6. The third kappa shape index (κ3) is 7.14. The third-order valence-electron chi connectivity index (χ3n) is 4.14. The summed E-state index contributed by atoms with van der Waals surface area (Å²) < 4.78 is 0. The van der Waals surface area contributed by atoms with Crippen LogP contribution in [0.3, 0.4) is 0 Å². The zero-order chi connectivity index (χ0) is 24.5. The van der Waals surface area contributed by atoms with Crippen LogP contribution in [-0.2, 0) is 4.79 Å². The summed E-state index contributed by atoms with van der Waals surface area (Å²) >= 11 is 0. The molecule has 1 aromatic heterocycles. The second kappa shape index (κ2) is 11.0. The minimum atomic E-state index is -0.533. The van der Waals surface area contributed by atoms with Crippen LogP contribution in [-0.4, -0.2) is 32.3 Å². The van der Waals surface area contributed by atoms with Gasteiger partial charge in [-0.2, -0.15) is 0 Å². The quantitative estimate of drug-likeness (QED) is 0.335. The number of pyridine rings is 1. The number of carbonyl (C=O) groups is 3. The van der Waals surface area contributed by atoms with Gasteiger partial charge in [0.05, 0.1) is 21.7 Å². The lowest BCUT2D eigenvalue weighted by Crippen LogP contribution is -2.08. The van der Waals surface area contributed by atoms with Crippen LogP contribution in [0.15, 0.2) is 66.9 Å². The number of rotatable bonds is 6. The number of hydrogen-bond donors (Lipinski definition) is 1. The monoisotopic (exact) mass is 450 g/mol. The first-order valence-corrected chi connectivity index (χ1v) is 9.36. The summed E-state index contributed by atoms with van der Waals surface area (Å²) in [6, 6.07) is 13.8. The van der Waals surface area contributed by atoms with E-state index in [9.17, 15) is 34.6 Å². The van der Waals surface area contributed by atoms with Crippen molar-refractivity contribution >= 4 is 34.5 Å². The standard InChI is InChI=1S/C14H11N3O4.C8H7NO3/c1-9(18)16-11-4-7-13(15-8-11)14(19)10-2-5-12(6-3-10)17(20)21;1-6(10)7-2-4-8(5-3-7)9(11)12/h2-8H,1H3,(H,16,18);2-5H,1H3. The lowest BCUT2D eigenvalue weighted by molar-refractivity contribution is -0.385. The van der Waals surface area contributed by atoms with E-state index in [2.05, 4.69) is 10.3 Å². The minimum Gasteiger partial charge on any atom is -0.325 e. The van der Waals surface area contributed by atoms with Gasteiger partial charge in [0.1, 0.15) is 5.69 Å². The van der Waals surface area contributed by atoms with Gasteiger partial charge in [0.25, 0.3) is 11.4 Å². The average Bonchev–Trinajstić information content (AvgIpc) is 2.79. The lowest BCUT2D eigenvalue weighted by atomic mass is 10.1. The lowest BCUT2D eigenvalue weighted by Gasteiger charge is -2.03. The second-order valence-electron chi connectivity index (χ2n) is 6.61. The largest absolute Gasteiger partial charge is 0.325 e. The maximum atomic E-state index is 12.1. The number of hydrogen-bond acceptors (Lipinski definition) is 8. The van der Waals surface area contributed by atoms with Crippen molar-refractivity contribution in [2.45, 2.75) is 13.8 Å². The Labute approximate surface area is 187 Å². The van der Waals surface area contributed by atoms with Crippen LogP contribution in [0.25, 0.3) is 0 Å². The van der Waals surface area contributed by atoms with Gasteiger partial charge in [-0.05, 0) is 43.3 Å². The minimum absolute atomic E-state index is 0.000000000000000222. The Morgan fingerprint density at radius 2 is 1.24 bits per heavy atom. The first kappa shape index (κ1) is 24.5. The van der Waals surface area contributed by atoms with E-state index in [1.165, 1.54) is 74.6 Å². The Morgan fingerprint density at radius 1 is 0.758 bits per heavy atom. The summed E-state index contributed by atoms with van der Waals surface area (Å²) in [5, 5.41) is 23.3. The Hall–Kier alpha value is -4.80. The SMILES string of the molecule is CC(=O)Nc1ccc(C(=O)c2ccc([N+](=O)[O-])cc2)nc1.CC(=O)c1ccc([N+](=O)[O-])cc1. The number of nitro groups is 2. The van der Waals surface area contributed by atoms with E-state index in [0.717, 1.165) is 0 Å². The van der Waals surface area contributed by atoms with Crippen molar-refractivity contribution in [2.24, 2.45) is 0 Å². The molecule has 0 saturated carbocycles. The first-order valence-electron chi connectivity index (χ1n) is 9.36. The summed E-state index contributed by atoms with van der Waals surface area (Å²) in [6.45, 7) is 2.79. The summed E-state index contributed by atoms with van der Waals surface area (Å²) in [5.74, 6) is -0.671. The van der Waals surface area contributed by atoms with Crippen LogP contribution in [0.5, 0.6) is 0 Å². The number of nitro benzene ring substituents is 2. The highest BCUT2D eigenvalue weighted by atomic mass is 16.6. The molecule has 2 aromatic carbocycles. The van der Waals surface area contributed by atoms with Crippen LogP contribution in [0.2, 0.25) is 0 Å². The van der Waals surface area contributed by atoms with Crippen molar-refractivity contribution in [1.29, 1.82) is 0 Å². The molecule has 0 aliphatic rings. The Bertz CT molecular complexity index is 1160. The number of ketones is 2. The molecular formula is C22H18N4O7. The van der Waals surface area contributed by atoms with Gasteiger partial charge in [0.15, 0.2) is 5.78 Å². The molecule has 1 N–H and O–H groups in total.